The first-order chi connectivity index (χ1) is 9.28. The first-order valence-corrected chi connectivity index (χ1v) is 5.63. The van der Waals surface area contributed by atoms with Gasteiger partial charge in [0.05, 0.1) is 5.56 Å². The molecule has 0 aliphatic carbocycles. The zero-order valence-electron chi connectivity index (χ0n) is 10.1. The lowest BCUT2D eigenvalue weighted by Gasteiger charge is -1.98. The highest BCUT2D eigenvalue weighted by atomic mass is 16.1. The van der Waals surface area contributed by atoms with Crippen molar-refractivity contribution in [1.29, 1.82) is 0 Å². The average Bonchev–Trinajstić information content (AvgIpc) is 2.90. The summed E-state index contributed by atoms with van der Waals surface area (Å²) in [5.41, 5.74) is 1.28. The summed E-state index contributed by atoms with van der Waals surface area (Å²) in [6, 6.07) is 3.63. The van der Waals surface area contributed by atoms with Crippen LogP contribution >= 0.6 is 0 Å². The molecule has 0 saturated heterocycles. The molecule has 94 valence electrons. The van der Waals surface area contributed by atoms with Crippen molar-refractivity contribution >= 4 is 11.7 Å². The van der Waals surface area contributed by atoms with Gasteiger partial charge in [-0.1, -0.05) is 0 Å². The number of amides is 1. The van der Waals surface area contributed by atoms with Crippen LogP contribution in [0.4, 0.5) is 0 Å². The van der Waals surface area contributed by atoms with Gasteiger partial charge in [0.1, 0.15) is 0 Å². The zero-order valence-corrected chi connectivity index (χ0v) is 10.1. The van der Waals surface area contributed by atoms with Crippen molar-refractivity contribution in [3.8, 4) is 11.4 Å². The largest absolute Gasteiger partial charge is 0.355 e. The first-order valence-electron chi connectivity index (χ1n) is 5.63. The minimum atomic E-state index is -0.213. The molecule has 0 saturated carbocycles. The molecular formula is C12H10N6O. The fraction of sp³-hybridized carbons (Fsp3) is 0.0833. The summed E-state index contributed by atoms with van der Waals surface area (Å²) in [6.07, 6.45) is 6.41. The second kappa shape index (κ2) is 4.45. The van der Waals surface area contributed by atoms with Crippen LogP contribution in [0.1, 0.15) is 10.4 Å². The minimum Gasteiger partial charge on any atom is -0.355 e. The third-order valence-electron chi connectivity index (χ3n) is 2.62. The molecule has 7 nitrogen and oxygen atoms in total. The Balaban J connectivity index is 2.09. The Bertz CT molecular complexity index is 736. The summed E-state index contributed by atoms with van der Waals surface area (Å²) in [5.74, 6) is 0.777. The standard InChI is InChI=1S/C12H10N6O/c1-13-11(19)9-6-15-12-16-10(17-18(12)7-9)8-2-4-14-5-3-8/h2-7H,1H3,(H,13,19). The number of carbonyl (C=O) groups excluding carboxylic acids is 1. The van der Waals surface area contributed by atoms with Crippen LogP contribution in [-0.2, 0) is 0 Å². The van der Waals surface area contributed by atoms with Gasteiger partial charge in [-0.05, 0) is 12.1 Å². The lowest BCUT2D eigenvalue weighted by molar-refractivity contribution is 0.0962. The van der Waals surface area contributed by atoms with Crippen LogP contribution < -0.4 is 5.32 Å². The molecule has 3 aromatic heterocycles. The number of carbonyl (C=O) groups is 1. The van der Waals surface area contributed by atoms with Crippen molar-refractivity contribution in [2.75, 3.05) is 7.05 Å². The van der Waals surface area contributed by atoms with E-state index in [1.807, 2.05) is 12.1 Å². The topological polar surface area (TPSA) is 85.1 Å². The lowest BCUT2D eigenvalue weighted by atomic mass is 10.3. The Morgan fingerprint density at radius 1 is 1.32 bits per heavy atom. The predicted molar refractivity (Wildman–Crippen MR) is 67.4 cm³/mol. The molecule has 0 unspecified atom stereocenters. The molecule has 1 amide bonds. The SMILES string of the molecule is CNC(=O)c1cnc2nc(-c3ccncc3)nn2c1. The maximum Gasteiger partial charge on any atom is 0.254 e. The maximum atomic E-state index is 11.5. The number of pyridine rings is 1. The second-order valence-electron chi connectivity index (χ2n) is 3.84. The molecule has 3 heterocycles. The molecular weight excluding hydrogens is 244 g/mol. The van der Waals surface area contributed by atoms with Crippen molar-refractivity contribution in [2.45, 2.75) is 0 Å². The van der Waals surface area contributed by atoms with Crippen LogP contribution in [0.25, 0.3) is 17.2 Å². The maximum absolute atomic E-state index is 11.5. The molecule has 0 spiro atoms. The molecule has 19 heavy (non-hydrogen) atoms. The van der Waals surface area contributed by atoms with E-state index < -0.39 is 0 Å². The number of hydrogen-bond acceptors (Lipinski definition) is 5. The van der Waals surface area contributed by atoms with Crippen molar-refractivity contribution in [1.82, 2.24) is 29.9 Å². The van der Waals surface area contributed by atoms with E-state index in [4.69, 9.17) is 0 Å². The number of aromatic nitrogens is 5. The summed E-state index contributed by atoms with van der Waals surface area (Å²) >= 11 is 0. The molecule has 0 atom stereocenters. The molecule has 3 aromatic rings. The summed E-state index contributed by atoms with van der Waals surface area (Å²) < 4.78 is 1.49. The number of nitrogens with zero attached hydrogens (tertiary/aromatic N) is 5. The van der Waals surface area contributed by atoms with E-state index in [0.29, 0.717) is 17.2 Å². The Morgan fingerprint density at radius 3 is 2.84 bits per heavy atom. The molecule has 0 fully saturated rings. The fourth-order valence-corrected chi connectivity index (χ4v) is 1.67. The van der Waals surface area contributed by atoms with E-state index in [-0.39, 0.29) is 5.91 Å². The van der Waals surface area contributed by atoms with Gasteiger partial charge in [0.2, 0.25) is 0 Å². The Kier molecular flexibility index (Phi) is 2.64. The number of hydrogen-bond donors (Lipinski definition) is 1. The van der Waals surface area contributed by atoms with Gasteiger partial charge in [-0.25, -0.2) is 9.50 Å². The predicted octanol–water partition coefficient (Wildman–Crippen LogP) is 0.546. The van der Waals surface area contributed by atoms with E-state index in [2.05, 4.69) is 25.4 Å². The van der Waals surface area contributed by atoms with E-state index >= 15 is 0 Å². The quantitative estimate of drug-likeness (QED) is 0.721. The Hall–Kier alpha value is -2.83. The van der Waals surface area contributed by atoms with Crippen LogP contribution in [0, 0.1) is 0 Å². The normalized spacial score (nSPS) is 10.6. The first kappa shape index (κ1) is 11.3. The summed E-state index contributed by atoms with van der Waals surface area (Å²) in [4.78, 5) is 23.9. The van der Waals surface area contributed by atoms with Gasteiger partial charge in [-0.3, -0.25) is 9.78 Å². The lowest BCUT2D eigenvalue weighted by Crippen LogP contribution is -2.18. The Labute approximate surface area is 108 Å². The van der Waals surface area contributed by atoms with E-state index in [1.54, 1.807) is 25.6 Å². The third kappa shape index (κ3) is 2.01. The molecule has 0 aromatic carbocycles. The van der Waals surface area contributed by atoms with Crippen molar-refractivity contribution in [3.05, 3.63) is 42.5 Å². The highest BCUT2D eigenvalue weighted by molar-refractivity contribution is 5.93. The van der Waals surface area contributed by atoms with Crippen LogP contribution in [0.2, 0.25) is 0 Å². The summed E-state index contributed by atoms with van der Waals surface area (Å²) in [7, 11) is 1.57. The van der Waals surface area contributed by atoms with Gasteiger partial charge >= 0.3 is 0 Å². The van der Waals surface area contributed by atoms with Crippen LogP contribution in [0.15, 0.2) is 36.9 Å². The van der Waals surface area contributed by atoms with Crippen molar-refractivity contribution < 1.29 is 4.79 Å². The van der Waals surface area contributed by atoms with Gasteiger partial charge in [-0.15, -0.1) is 5.10 Å². The van der Waals surface area contributed by atoms with Gasteiger partial charge in [0.25, 0.3) is 11.7 Å². The molecule has 0 bridgehead atoms. The fourth-order valence-electron chi connectivity index (χ4n) is 1.67. The third-order valence-corrected chi connectivity index (χ3v) is 2.62. The van der Waals surface area contributed by atoms with Gasteiger partial charge in [-0.2, -0.15) is 4.98 Å². The molecule has 3 rings (SSSR count). The zero-order chi connectivity index (χ0) is 13.2. The minimum absolute atomic E-state index is 0.213. The van der Waals surface area contributed by atoms with Crippen LogP contribution in [0.3, 0.4) is 0 Å². The van der Waals surface area contributed by atoms with Crippen LogP contribution in [-0.4, -0.2) is 37.5 Å². The number of nitrogens with one attached hydrogen (secondary N) is 1. The molecule has 0 aliphatic rings. The average molecular weight is 254 g/mol. The monoisotopic (exact) mass is 254 g/mol. The van der Waals surface area contributed by atoms with Gasteiger partial charge in [0, 0.05) is 37.4 Å². The van der Waals surface area contributed by atoms with Gasteiger partial charge < -0.3 is 5.32 Å². The van der Waals surface area contributed by atoms with Gasteiger partial charge in [0.15, 0.2) is 5.82 Å². The number of fused-ring (bicyclic) bond motifs is 1. The smallest absolute Gasteiger partial charge is 0.254 e. The highest BCUT2D eigenvalue weighted by Gasteiger charge is 2.10. The van der Waals surface area contributed by atoms with E-state index in [1.165, 1.54) is 10.7 Å². The molecule has 1 N–H and O–H groups in total. The molecule has 0 radical (unpaired) electrons. The number of rotatable bonds is 2. The van der Waals surface area contributed by atoms with Crippen LogP contribution in [0.5, 0.6) is 0 Å². The highest BCUT2D eigenvalue weighted by Crippen LogP contribution is 2.14. The van der Waals surface area contributed by atoms with Crippen molar-refractivity contribution in [2.24, 2.45) is 0 Å². The molecule has 7 heteroatoms. The second-order valence-corrected chi connectivity index (χ2v) is 3.84. The van der Waals surface area contributed by atoms with Crippen molar-refractivity contribution in [3.63, 3.8) is 0 Å². The summed E-state index contributed by atoms with van der Waals surface area (Å²) in [6.45, 7) is 0. The van der Waals surface area contributed by atoms with E-state index in [9.17, 15) is 4.79 Å². The Morgan fingerprint density at radius 2 is 2.11 bits per heavy atom. The summed E-state index contributed by atoms with van der Waals surface area (Å²) in [5, 5.41) is 6.83. The molecule has 0 aliphatic heterocycles. The van der Waals surface area contributed by atoms with E-state index in [0.717, 1.165) is 5.56 Å².